The predicted octanol–water partition coefficient (Wildman–Crippen LogP) is 2.83. The molecule has 6 nitrogen and oxygen atoms in total. The van der Waals surface area contributed by atoms with E-state index in [1.807, 2.05) is 13.0 Å². The maximum absolute atomic E-state index is 12.0. The summed E-state index contributed by atoms with van der Waals surface area (Å²) in [5, 5.41) is 5.00. The predicted molar refractivity (Wildman–Crippen MR) is 89.8 cm³/mol. The van der Waals surface area contributed by atoms with Gasteiger partial charge in [-0.3, -0.25) is 4.79 Å². The normalized spacial score (nSPS) is 10.9. The highest BCUT2D eigenvalue weighted by atomic mass is 79.9. The van der Waals surface area contributed by atoms with Gasteiger partial charge in [0.2, 0.25) is 4.96 Å². The van der Waals surface area contributed by atoms with Crippen LogP contribution in [0, 0.1) is 0 Å². The van der Waals surface area contributed by atoms with Gasteiger partial charge < -0.3 is 4.74 Å². The Kier molecular flexibility index (Phi) is 4.53. The Bertz CT molecular complexity index is 935. The Morgan fingerprint density at radius 3 is 2.96 bits per heavy atom. The zero-order valence-electron chi connectivity index (χ0n) is 12.2. The Hall–Kier alpha value is -2.06. The minimum absolute atomic E-state index is 0.0591. The number of fused-ring (bicyclic) bond motifs is 1. The average molecular weight is 394 g/mol. The van der Waals surface area contributed by atoms with E-state index in [0.29, 0.717) is 16.2 Å². The highest BCUT2D eigenvalue weighted by Gasteiger charge is 2.11. The molecule has 0 aliphatic carbocycles. The largest absolute Gasteiger partial charge is 0.456 e. The quantitative estimate of drug-likeness (QED) is 0.637. The lowest BCUT2D eigenvalue weighted by molar-refractivity contribution is 0.0467. The van der Waals surface area contributed by atoms with Crippen molar-refractivity contribution in [3.05, 3.63) is 61.4 Å². The first-order valence-electron chi connectivity index (χ1n) is 6.88. The maximum Gasteiger partial charge on any atom is 0.338 e. The topological polar surface area (TPSA) is 73.6 Å². The van der Waals surface area contributed by atoms with E-state index in [1.54, 1.807) is 18.2 Å². The SMILES string of the molecule is CCc1nn2c(=O)cc(COC(=O)c3cccc(Br)c3)nc2s1. The lowest BCUT2D eigenvalue weighted by Crippen LogP contribution is -2.16. The van der Waals surface area contributed by atoms with E-state index in [1.165, 1.54) is 21.9 Å². The molecule has 1 aromatic carbocycles. The molecule has 0 saturated carbocycles. The van der Waals surface area contributed by atoms with Crippen molar-refractivity contribution in [2.75, 3.05) is 0 Å². The first-order valence-corrected chi connectivity index (χ1v) is 8.49. The first-order chi connectivity index (χ1) is 11.1. The van der Waals surface area contributed by atoms with Crippen LogP contribution in [0.3, 0.4) is 0 Å². The summed E-state index contributed by atoms with van der Waals surface area (Å²) in [7, 11) is 0. The number of halogens is 1. The van der Waals surface area contributed by atoms with Crippen molar-refractivity contribution in [3.63, 3.8) is 0 Å². The molecule has 8 heteroatoms. The fourth-order valence-electron chi connectivity index (χ4n) is 1.95. The molecule has 3 aromatic rings. The molecule has 0 fully saturated rings. The first kappa shape index (κ1) is 15.8. The van der Waals surface area contributed by atoms with Gasteiger partial charge in [-0.1, -0.05) is 40.3 Å². The molecule has 0 bridgehead atoms. The number of esters is 1. The highest BCUT2D eigenvalue weighted by molar-refractivity contribution is 9.10. The van der Waals surface area contributed by atoms with Gasteiger partial charge in [-0.25, -0.2) is 9.78 Å². The number of rotatable bonds is 4. The second kappa shape index (κ2) is 6.59. The summed E-state index contributed by atoms with van der Waals surface area (Å²) in [5.74, 6) is -0.466. The Morgan fingerprint density at radius 1 is 1.39 bits per heavy atom. The van der Waals surface area contributed by atoms with E-state index >= 15 is 0 Å². The molecule has 0 aliphatic heterocycles. The zero-order chi connectivity index (χ0) is 16.4. The van der Waals surface area contributed by atoms with Crippen molar-refractivity contribution in [2.24, 2.45) is 0 Å². The average Bonchev–Trinajstić information content (AvgIpc) is 2.96. The number of benzene rings is 1. The van der Waals surface area contributed by atoms with Crippen molar-refractivity contribution in [1.82, 2.24) is 14.6 Å². The van der Waals surface area contributed by atoms with Gasteiger partial charge in [0.15, 0.2) is 0 Å². The van der Waals surface area contributed by atoms with Crippen molar-refractivity contribution < 1.29 is 9.53 Å². The molecule has 2 heterocycles. The number of aryl methyl sites for hydroxylation is 1. The summed E-state index contributed by atoms with van der Waals surface area (Å²) in [6.45, 7) is 1.90. The lowest BCUT2D eigenvalue weighted by atomic mass is 10.2. The number of ether oxygens (including phenoxy) is 1. The van der Waals surface area contributed by atoms with E-state index in [0.717, 1.165) is 15.9 Å². The fraction of sp³-hybridized carbons (Fsp3) is 0.200. The van der Waals surface area contributed by atoms with Gasteiger partial charge in [0, 0.05) is 10.5 Å². The van der Waals surface area contributed by atoms with Gasteiger partial charge in [-0.2, -0.15) is 9.61 Å². The standard InChI is InChI=1S/C15H12BrN3O3S/c1-2-12-18-19-13(20)7-11(17-15(19)23-12)8-22-14(21)9-4-3-5-10(16)6-9/h3-7H,2,8H2,1H3. The lowest BCUT2D eigenvalue weighted by Gasteiger charge is -2.04. The summed E-state index contributed by atoms with van der Waals surface area (Å²) in [4.78, 5) is 28.8. The van der Waals surface area contributed by atoms with E-state index in [9.17, 15) is 9.59 Å². The van der Waals surface area contributed by atoms with Crippen LogP contribution in [0.25, 0.3) is 4.96 Å². The summed E-state index contributed by atoms with van der Waals surface area (Å²) >= 11 is 4.65. The van der Waals surface area contributed by atoms with Crippen LogP contribution in [0.5, 0.6) is 0 Å². The zero-order valence-corrected chi connectivity index (χ0v) is 14.6. The van der Waals surface area contributed by atoms with Gasteiger partial charge >= 0.3 is 5.97 Å². The summed E-state index contributed by atoms with van der Waals surface area (Å²) in [5.41, 5.74) is 0.562. The molecule has 3 rings (SSSR count). The number of aromatic nitrogens is 3. The minimum Gasteiger partial charge on any atom is -0.456 e. The second-order valence-corrected chi connectivity index (χ2v) is 6.67. The van der Waals surface area contributed by atoms with Crippen LogP contribution in [-0.2, 0) is 17.8 Å². The fourth-order valence-corrected chi connectivity index (χ4v) is 3.21. The van der Waals surface area contributed by atoms with Crippen molar-refractivity contribution in [2.45, 2.75) is 20.0 Å². The molecular weight excluding hydrogens is 382 g/mol. The number of nitrogens with zero attached hydrogens (tertiary/aromatic N) is 3. The van der Waals surface area contributed by atoms with Crippen LogP contribution >= 0.6 is 27.3 Å². The summed E-state index contributed by atoms with van der Waals surface area (Å²) < 4.78 is 7.28. The van der Waals surface area contributed by atoms with Gasteiger partial charge in [-0.15, -0.1) is 0 Å². The van der Waals surface area contributed by atoms with E-state index < -0.39 is 5.97 Å². The van der Waals surface area contributed by atoms with E-state index in [2.05, 4.69) is 26.0 Å². The van der Waals surface area contributed by atoms with Gasteiger partial charge in [0.25, 0.3) is 5.56 Å². The molecule has 2 aromatic heterocycles. The van der Waals surface area contributed by atoms with Crippen molar-refractivity contribution in [3.8, 4) is 0 Å². The molecule has 0 amide bonds. The monoisotopic (exact) mass is 393 g/mol. The third kappa shape index (κ3) is 3.48. The number of hydrogen-bond acceptors (Lipinski definition) is 6. The van der Waals surface area contributed by atoms with Gasteiger partial charge in [-0.05, 0) is 24.6 Å². The van der Waals surface area contributed by atoms with Crippen molar-refractivity contribution >= 4 is 38.2 Å². The van der Waals surface area contributed by atoms with Crippen LogP contribution in [0.15, 0.2) is 39.6 Å². The molecule has 0 N–H and O–H groups in total. The second-order valence-electron chi connectivity index (χ2n) is 4.72. The minimum atomic E-state index is -0.466. The number of carbonyl (C=O) groups is 1. The van der Waals surface area contributed by atoms with Crippen LogP contribution in [0.1, 0.15) is 28.0 Å². The molecule has 0 aliphatic rings. The summed E-state index contributed by atoms with van der Waals surface area (Å²) in [6.07, 6.45) is 0.737. The molecular formula is C15H12BrN3O3S. The maximum atomic E-state index is 12.0. The molecule has 0 unspecified atom stereocenters. The Balaban J connectivity index is 1.79. The van der Waals surface area contributed by atoms with Crippen LogP contribution in [0.2, 0.25) is 0 Å². The van der Waals surface area contributed by atoms with Crippen LogP contribution < -0.4 is 5.56 Å². The molecule has 23 heavy (non-hydrogen) atoms. The number of carbonyl (C=O) groups excluding carboxylic acids is 1. The van der Waals surface area contributed by atoms with E-state index in [4.69, 9.17) is 4.74 Å². The molecule has 0 radical (unpaired) electrons. The van der Waals surface area contributed by atoms with Crippen LogP contribution in [-0.4, -0.2) is 20.6 Å². The van der Waals surface area contributed by atoms with Crippen LogP contribution in [0.4, 0.5) is 0 Å². The Morgan fingerprint density at radius 2 is 2.22 bits per heavy atom. The molecule has 0 spiro atoms. The van der Waals surface area contributed by atoms with Gasteiger partial charge in [0.05, 0.1) is 11.3 Å². The van der Waals surface area contributed by atoms with E-state index in [-0.39, 0.29) is 12.2 Å². The third-order valence-electron chi connectivity index (χ3n) is 3.05. The number of hydrogen-bond donors (Lipinski definition) is 0. The molecule has 0 saturated heterocycles. The highest BCUT2D eigenvalue weighted by Crippen LogP contribution is 2.14. The molecule has 0 atom stereocenters. The Labute approximate surface area is 143 Å². The smallest absolute Gasteiger partial charge is 0.338 e. The third-order valence-corrected chi connectivity index (χ3v) is 4.60. The molecule has 118 valence electrons. The summed E-state index contributed by atoms with van der Waals surface area (Å²) in [6, 6.07) is 8.24. The van der Waals surface area contributed by atoms with Crippen molar-refractivity contribution in [1.29, 1.82) is 0 Å². The van der Waals surface area contributed by atoms with Gasteiger partial charge in [0.1, 0.15) is 11.6 Å².